The van der Waals surface area contributed by atoms with Crippen LogP contribution < -0.4 is 10.0 Å². The molecule has 0 aromatic carbocycles. The fraction of sp³-hybridized carbons (Fsp3) is 0.455. The van der Waals surface area contributed by atoms with Gasteiger partial charge < -0.3 is 15.0 Å². The smallest absolute Gasteiger partial charge is 0.303 e. The summed E-state index contributed by atoms with van der Waals surface area (Å²) in [4.78, 5) is 22.2. The maximum absolute atomic E-state index is 11.8. The zero-order valence-corrected chi connectivity index (χ0v) is 12.0. The van der Waals surface area contributed by atoms with Crippen LogP contribution in [-0.2, 0) is 21.9 Å². The number of carboxylic acids is 1. The fourth-order valence-corrected chi connectivity index (χ4v) is 2.36. The Balaban J connectivity index is 2.72. The van der Waals surface area contributed by atoms with Crippen LogP contribution in [0.5, 0.6) is 0 Å². The number of aliphatic carboxylic acids is 1. The van der Waals surface area contributed by atoms with Gasteiger partial charge in [0.25, 0.3) is 5.91 Å². The second-order valence-corrected chi connectivity index (χ2v) is 6.02. The normalized spacial score (nSPS) is 11.3. The number of hydrogen-bond acceptors (Lipinski definition) is 4. The number of aromatic nitrogens is 1. The molecule has 1 aromatic rings. The highest BCUT2D eigenvalue weighted by Crippen LogP contribution is 2.12. The van der Waals surface area contributed by atoms with Gasteiger partial charge in [-0.25, -0.2) is 13.1 Å². The molecule has 1 amide bonds. The van der Waals surface area contributed by atoms with Gasteiger partial charge in [0.05, 0.1) is 0 Å². The molecule has 3 N–H and O–H groups in total. The minimum atomic E-state index is -3.60. The number of nitrogens with zero attached hydrogens (tertiary/aromatic N) is 1. The first-order valence-corrected chi connectivity index (χ1v) is 7.36. The van der Waals surface area contributed by atoms with E-state index < -0.39 is 21.9 Å². The summed E-state index contributed by atoms with van der Waals surface area (Å²) in [7, 11) is -0.756. The molecule has 1 rings (SSSR count). The van der Waals surface area contributed by atoms with Gasteiger partial charge in [0.15, 0.2) is 0 Å². The quantitative estimate of drug-likeness (QED) is 0.588. The first kappa shape index (κ1) is 16.2. The first-order chi connectivity index (χ1) is 9.27. The SMILES string of the molecule is CNS(=O)(=O)c1cc(C(=O)NCCCC(=O)O)n(C)c1. The van der Waals surface area contributed by atoms with E-state index >= 15 is 0 Å². The lowest BCUT2D eigenvalue weighted by molar-refractivity contribution is -0.137. The van der Waals surface area contributed by atoms with Gasteiger partial charge in [-0.1, -0.05) is 0 Å². The van der Waals surface area contributed by atoms with Crippen LogP contribution in [0.2, 0.25) is 0 Å². The van der Waals surface area contributed by atoms with E-state index in [2.05, 4.69) is 10.0 Å². The number of amides is 1. The molecule has 0 radical (unpaired) electrons. The highest BCUT2D eigenvalue weighted by atomic mass is 32.2. The average Bonchev–Trinajstić information content (AvgIpc) is 2.77. The average molecular weight is 303 g/mol. The molecule has 0 spiro atoms. The Labute approximate surface area is 116 Å². The van der Waals surface area contributed by atoms with E-state index in [0.717, 1.165) is 0 Å². The molecule has 1 aromatic heterocycles. The van der Waals surface area contributed by atoms with Crippen molar-refractivity contribution in [1.29, 1.82) is 0 Å². The van der Waals surface area contributed by atoms with Gasteiger partial charge in [-0.05, 0) is 19.5 Å². The van der Waals surface area contributed by atoms with E-state index in [9.17, 15) is 18.0 Å². The van der Waals surface area contributed by atoms with Gasteiger partial charge in [0, 0.05) is 26.2 Å². The molecule has 20 heavy (non-hydrogen) atoms. The Hall–Kier alpha value is -1.87. The number of carbonyl (C=O) groups is 2. The molecule has 0 aliphatic carbocycles. The number of carboxylic acid groups (broad SMARTS) is 1. The van der Waals surface area contributed by atoms with Crippen molar-refractivity contribution in [3.63, 3.8) is 0 Å². The third-order valence-corrected chi connectivity index (χ3v) is 4.03. The number of nitrogens with one attached hydrogen (secondary N) is 2. The fourth-order valence-electron chi connectivity index (χ4n) is 1.56. The van der Waals surface area contributed by atoms with E-state index in [0.29, 0.717) is 6.42 Å². The molecule has 8 nitrogen and oxygen atoms in total. The molecule has 0 saturated heterocycles. The Kier molecular flexibility index (Phi) is 5.28. The summed E-state index contributed by atoms with van der Waals surface area (Å²) in [6.07, 6.45) is 1.61. The molecule has 0 unspecified atom stereocenters. The van der Waals surface area contributed by atoms with E-state index in [1.54, 1.807) is 7.05 Å². The van der Waals surface area contributed by atoms with Crippen molar-refractivity contribution in [3.8, 4) is 0 Å². The van der Waals surface area contributed by atoms with Gasteiger partial charge >= 0.3 is 5.97 Å². The van der Waals surface area contributed by atoms with Gasteiger partial charge in [-0.3, -0.25) is 9.59 Å². The lowest BCUT2D eigenvalue weighted by atomic mass is 10.3. The summed E-state index contributed by atoms with van der Waals surface area (Å²) < 4.78 is 26.8. The predicted molar refractivity (Wildman–Crippen MR) is 70.9 cm³/mol. The molecule has 0 atom stereocenters. The predicted octanol–water partition coefficient (Wildman–Crippen LogP) is -0.472. The Morgan fingerprint density at radius 2 is 2.05 bits per heavy atom. The topological polar surface area (TPSA) is 118 Å². The monoisotopic (exact) mass is 303 g/mol. The highest BCUT2D eigenvalue weighted by molar-refractivity contribution is 7.89. The summed E-state index contributed by atoms with van der Waals surface area (Å²) in [5.74, 6) is -1.38. The summed E-state index contributed by atoms with van der Waals surface area (Å²) in [6.45, 7) is 0.213. The molecule has 9 heteroatoms. The second kappa shape index (κ2) is 6.53. The number of sulfonamides is 1. The van der Waals surface area contributed by atoms with Crippen molar-refractivity contribution in [2.24, 2.45) is 7.05 Å². The summed E-state index contributed by atoms with van der Waals surface area (Å²) in [6, 6.07) is 1.26. The van der Waals surface area contributed by atoms with E-state index in [1.807, 2.05) is 0 Å². The highest BCUT2D eigenvalue weighted by Gasteiger charge is 2.18. The number of carbonyl (C=O) groups excluding carboxylic acids is 1. The Morgan fingerprint density at radius 3 is 2.60 bits per heavy atom. The van der Waals surface area contributed by atoms with Crippen LogP contribution in [-0.4, -0.2) is 43.6 Å². The largest absolute Gasteiger partial charge is 0.481 e. The van der Waals surface area contributed by atoms with Crippen LogP contribution in [0.4, 0.5) is 0 Å². The molecular formula is C11H17N3O5S. The van der Waals surface area contributed by atoms with Crippen molar-refractivity contribution < 1.29 is 23.1 Å². The molecular weight excluding hydrogens is 286 g/mol. The zero-order valence-electron chi connectivity index (χ0n) is 11.2. The molecule has 0 fully saturated rings. The standard InChI is InChI=1S/C11H17N3O5S/c1-12-20(18,19)8-6-9(14(2)7-8)11(17)13-5-3-4-10(15)16/h6-7,12H,3-5H2,1-2H3,(H,13,17)(H,15,16). The van der Waals surface area contributed by atoms with Gasteiger partial charge in [0.1, 0.15) is 10.6 Å². The minimum absolute atomic E-state index is 0.00168. The van der Waals surface area contributed by atoms with Crippen LogP contribution >= 0.6 is 0 Å². The van der Waals surface area contributed by atoms with Crippen LogP contribution in [0.3, 0.4) is 0 Å². The summed E-state index contributed by atoms with van der Waals surface area (Å²) in [5, 5.41) is 11.0. The molecule has 0 aliphatic rings. The van der Waals surface area contributed by atoms with Crippen LogP contribution in [0.15, 0.2) is 17.2 Å². The van der Waals surface area contributed by atoms with Crippen molar-refractivity contribution >= 4 is 21.9 Å². The Morgan fingerprint density at radius 1 is 1.40 bits per heavy atom. The third-order valence-electron chi connectivity index (χ3n) is 2.64. The minimum Gasteiger partial charge on any atom is -0.481 e. The van der Waals surface area contributed by atoms with E-state index in [1.165, 1.54) is 23.9 Å². The zero-order chi connectivity index (χ0) is 15.3. The molecule has 1 heterocycles. The van der Waals surface area contributed by atoms with Crippen molar-refractivity contribution in [1.82, 2.24) is 14.6 Å². The van der Waals surface area contributed by atoms with Crippen LogP contribution in [0.1, 0.15) is 23.3 Å². The first-order valence-electron chi connectivity index (χ1n) is 5.88. The maximum Gasteiger partial charge on any atom is 0.303 e. The van der Waals surface area contributed by atoms with Gasteiger partial charge in [-0.15, -0.1) is 0 Å². The van der Waals surface area contributed by atoms with Gasteiger partial charge in [-0.2, -0.15) is 0 Å². The van der Waals surface area contributed by atoms with Crippen LogP contribution in [0.25, 0.3) is 0 Å². The molecule has 112 valence electrons. The maximum atomic E-state index is 11.8. The van der Waals surface area contributed by atoms with Crippen molar-refractivity contribution in [3.05, 3.63) is 18.0 Å². The number of rotatable bonds is 7. The van der Waals surface area contributed by atoms with E-state index in [4.69, 9.17) is 5.11 Å². The lowest BCUT2D eigenvalue weighted by Crippen LogP contribution is -2.26. The Bertz CT molecular complexity index is 606. The second-order valence-electron chi connectivity index (χ2n) is 4.13. The summed E-state index contributed by atoms with van der Waals surface area (Å²) in [5.41, 5.74) is 0.189. The lowest BCUT2D eigenvalue weighted by Gasteiger charge is -2.04. The molecule has 0 aliphatic heterocycles. The van der Waals surface area contributed by atoms with Crippen LogP contribution in [0, 0.1) is 0 Å². The number of hydrogen-bond donors (Lipinski definition) is 3. The summed E-state index contributed by atoms with van der Waals surface area (Å²) >= 11 is 0. The van der Waals surface area contributed by atoms with Crippen molar-refractivity contribution in [2.75, 3.05) is 13.6 Å². The molecule has 0 saturated carbocycles. The molecule has 0 bridgehead atoms. The van der Waals surface area contributed by atoms with E-state index in [-0.39, 0.29) is 23.6 Å². The third kappa shape index (κ3) is 4.07. The number of aryl methyl sites for hydroxylation is 1. The van der Waals surface area contributed by atoms with Gasteiger partial charge in [0.2, 0.25) is 10.0 Å². The van der Waals surface area contributed by atoms with Crippen molar-refractivity contribution in [2.45, 2.75) is 17.7 Å².